The van der Waals surface area contributed by atoms with Gasteiger partial charge in [-0.1, -0.05) is 35.3 Å². The van der Waals surface area contributed by atoms with E-state index >= 15 is 0 Å². The summed E-state index contributed by atoms with van der Waals surface area (Å²) < 4.78 is 0. The van der Waals surface area contributed by atoms with Crippen molar-refractivity contribution in [3.05, 3.63) is 33.8 Å². The molecule has 78 valence electrons. The lowest BCUT2D eigenvalue weighted by atomic mass is 10.1. The fourth-order valence-corrected chi connectivity index (χ4v) is 1.67. The first-order valence-corrected chi connectivity index (χ1v) is 5.51. The Labute approximate surface area is 95.4 Å². The molecule has 1 N–H and O–H groups in total. The van der Waals surface area contributed by atoms with E-state index in [0.717, 1.165) is 18.4 Å². The topological polar surface area (TPSA) is 12.0 Å². The highest BCUT2D eigenvalue weighted by Crippen LogP contribution is 2.26. The normalized spacial score (nSPS) is 12.9. The molecule has 0 bridgehead atoms. The summed E-state index contributed by atoms with van der Waals surface area (Å²) in [6.07, 6.45) is 2.03. The van der Waals surface area contributed by atoms with Crippen molar-refractivity contribution in [2.24, 2.45) is 0 Å². The smallest absolute Gasteiger partial charge is 0.0624 e. The number of nitrogens with one attached hydrogen (secondary N) is 1. The summed E-state index contributed by atoms with van der Waals surface area (Å²) in [5.41, 5.74) is 1.13. The average Bonchev–Trinajstić information content (AvgIpc) is 2.20. The Kier molecular flexibility index (Phi) is 4.73. The van der Waals surface area contributed by atoms with Crippen LogP contribution in [0.5, 0.6) is 0 Å². The number of benzene rings is 1. The summed E-state index contributed by atoms with van der Waals surface area (Å²) in [6.45, 7) is 2.15. The maximum atomic E-state index is 6.07. The molecular weight excluding hydrogens is 217 g/mol. The van der Waals surface area contributed by atoms with E-state index in [1.165, 1.54) is 0 Å². The molecular formula is C11H15Cl2N. The van der Waals surface area contributed by atoms with Crippen LogP contribution < -0.4 is 5.32 Å². The first kappa shape index (κ1) is 11.8. The van der Waals surface area contributed by atoms with Crippen molar-refractivity contribution in [3.8, 4) is 0 Å². The second-order valence-corrected chi connectivity index (χ2v) is 4.23. The lowest BCUT2D eigenvalue weighted by Gasteiger charge is -2.10. The van der Waals surface area contributed by atoms with Crippen LogP contribution in [0, 0.1) is 0 Å². The molecule has 0 fully saturated rings. The van der Waals surface area contributed by atoms with Gasteiger partial charge >= 0.3 is 0 Å². The molecule has 0 aliphatic carbocycles. The molecule has 0 saturated heterocycles. The number of aryl methyl sites for hydroxylation is 1. The van der Waals surface area contributed by atoms with Gasteiger partial charge in [0.15, 0.2) is 0 Å². The number of hydrogen-bond donors (Lipinski definition) is 1. The van der Waals surface area contributed by atoms with Crippen molar-refractivity contribution in [2.75, 3.05) is 7.05 Å². The van der Waals surface area contributed by atoms with Gasteiger partial charge < -0.3 is 5.32 Å². The van der Waals surface area contributed by atoms with Crippen LogP contribution in [0.2, 0.25) is 10.0 Å². The second kappa shape index (κ2) is 5.59. The van der Waals surface area contributed by atoms with Crippen molar-refractivity contribution in [3.63, 3.8) is 0 Å². The van der Waals surface area contributed by atoms with Crippen molar-refractivity contribution >= 4 is 23.2 Å². The fraction of sp³-hybridized carbons (Fsp3) is 0.455. The molecule has 0 amide bonds. The highest BCUT2D eigenvalue weighted by Gasteiger charge is 2.05. The molecule has 1 aromatic carbocycles. The SMILES string of the molecule is CNC(C)CCc1cccc(Cl)c1Cl. The van der Waals surface area contributed by atoms with Crippen molar-refractivity contribution in [1.82, 2.24) is 5.32 Å². The number of rotatable bonds is 4. The molecule has 0 aliphatic heterocycles. The molecule has 0 spiro atoms. The summed E-state index contributed by atoms with van der Waals surface area (Å²) in [5.74, 6) is 0. The van der Waals surface area contributed by atoms with Gasteiger partial charge in [0.05, 0.1) is 10.0 Å². The third-order valence-corrected chi connectivity index (χ3v) is 3.23. The van der Waals surface area contributed by atoms with Crippen LogP contribution in [0.4, 0.5) is 0 Å². The highest BCUT2D eigenvalue weighted by molar-refractivity contribution is 6.42. The third-order valence-electron chi connectivity index (χ3n) is 2.37. The van der Waals surface area contributed by atoms with Gasteiger partial charge in [0.1, 0.15) is 0 Å². The molecule has 1 nitrogen and oxygen atoms in total. The molecule has 0 saturated carbocycles. The molecule has 0 radical (unpaired) electrons. The lowest BCUT2D eigenvalue weighted by molar-refractivity contribution is 0.565. The minimum atomic E-state index is 0.505. The first-order chi connectivity index (χ1) is 6.65. The van der Waals surface area contributed by atoms with E-state index in [2.05, 4.69) is 12.2 Å². The maximum absolute atomic E-state index is 6.07. The van der Waals surface area contributed by atoms with Gasteiger partial charge in [0.2, 0.25) is 0 Å². The van der Waals surface area contributed by atoms with Gasteiger partial charge in [-0.3, -0.25) is 0 Å². The standard InChI is InChI=1S/C11H15Cl2N/c1-8(14-2)6-7-9-4-3-5-10(12)11(9)13/h3-5,8,14H,6-7H2,1-2H3. The first-order valence-electron chi connectivity index (χ1n) is 4.75. The Hall–Kier alpha value is -0.240. The van der Waals surface area contributed by atoms with Crippen LogP contribution in [-0.4, -0.2) is 13.1 Å². The van der Waals surface area contributed by atoms with Crippen molar-refractivity contribution in [1.29, 1.82) is 0 Å². The van der Waals surface area contributed by atoms with E-state index < -0.39 is 0 Å². The molecule has 0 aromatic heterocycles. The fourth-order valence-electron chi connectivity index (χ4n) is 1.26. The van der Waals surface area contributed by atoms with Crippen molar-refractivity contribution in [2.45, 2.75) is 25.8 Å². The van der Waals surface area contributed by atoms with E-state index in [4.69, 9.17) is 23.2 Å². The van der Waals surface area contributed by atoms with Crippen LogP contribution in [0.25, 0.3) is 0 Å². The number of halogens is 2. The highest BCUT2D eigenvalue weighted by atomic mass is 35.5. The zero-order valence-corrected chi connectivity index (χ0v) is 9.99. The molecule has 0 aliphatic rings. The Morgan fingerprint density at radius 2 is 2.07 bits per heavy atom. The average molecular weight is 232 g/mol. The maximum Gasteiger partial charge on any atom is 0.0624 e. The zero-order valence-electron chi connectivity index (χ0n) is 8.48. The molecule has 1 atom stereocenters. The summed E-state index contributed by atoms with van der Waals surface area (Å²) >= 11 is 12.0. The Balaban J connectivity index is 2.63. The molecule has 0 heterocycles. The number of hydrogen-bond acceptors (Lipinski definition) is 1. The van der Waals surface area contributed by atoms with Gasteiger partial charge in [-0.2, -0.15) is 0 Å². The van der Waals surface area contributed by atoms with E-state index in [-0.39, 0.29) is 0 Å². The Morgan fingerprint density at radius 1 is 1.36 bits per heavy atom. The monoisotopic (exact) mass is 231 g/mol. The minimum Gasteiger partial charge on any atom is -0.317 e. The largest absolute Gasteiger partial charge is 0.317 e. The molecule has 1 aromatic rings. The minimum absolute atomic E-state index is 0.505. The summed E-state index contributed by atoms with van der Waals surface area (Å²) in [5, 5.41) is 4.53. The van der Waals surface area contributed by atoms with Gasteiger partial charge in [-0.05, 0) is 38.4 Å². The second-order valence-electron chi connectivity index (χ2n) is 3.44. The van der Waals surface area contributed by atoms with Crippen molar-refractivity contribution < 1.29 is 0 Å². The van der Waals surface area contributed by atoms with Crippen LogP contribution in [0.15, 0.2) is 18.2 Å². The Morgan fingerprint density at radius 3 is 2.71 bits per heavy atom. The molecule has 14 heavy (non-hydrogen) atoms. The summed E-state index contributed by atoms with van der Waals surface area (Å²) in [6, 6.07) is 6.28. The Bertz CT molecular complexity index is 299. The van der Waals surface area contributed by atoms with Crippen LogP contribution in [-0.2, 0) is 6.42 Å². The van der Waals surface area contributed by atoms with Gasteiger partial charge in [0, 0.05) is 6.04 Å². The molecule has 1 rings (SSSR count). The van der Waals surface area contributed by atoms with Crippen LogP contribution in [0.1, 0.15) is 18.9 Å². The van der Waals surface area contributed by atoms with Gasteiger partial charge in [0.25, 0.3) is 0 Å². The van der Waals surface area contributed by atoms with Crippen LogP contribution in [0.3, 0.4) is 0 Å². The summed E-state index contributed by atoms with van der Waals surface area (Å²) in [4.78, 5) is 0. The zero-order chi connectivity index (χ0) is 10.6. The van der Waals surface area contributed by atoms with E-state index in [0.29, 0.717) is 16.1 Å². The predicted octanol–water partition coefficient (Wildman–Crippen LogP) is 3.53. The van der Waals surface area contributed by atoms with E-state index in [1.807, 2.05) is 25.2 Å². The van der Waals surface area contributed by atoms with Crippen LogP contribution >= 0.6 is 23.2 Å². The summed E-state index contributed by atoms with van der Waals surface area (Å²) in [7, 11) is 1.96. The van der Waals surface area contributed by atoms with Gasteiger partial charge in [-0.15, -0.1) is 0 Å². The quantitative estimate of drug-likeness (QED) is 0.837. The van der Waals surface area contributed by atoms with E-state index in [1.54, 1.807) is 0 Å². The predicted molar refractivity (Wildman–Crippen MR) is 63.3 cm³/mol. The van der Waals surface area contributed by atoms with Gasteiger partial charge in [-0.25, -0.2) is 0 Å². The lowest BCUT2D eigenvalue weighted by Crippen LogP contribution is -2.21. The molecule has 1 unspecified atom stereocenters. The molecule has 3 heteroatoms. The van der Waals surface area contributed by atoms with E-state index in [9.17, 15) is 0 Å². The third kappa shape index (κ3) is 3.16.